The van der Waals surface area contributed by atoms with E-state index in [0.717, 1.165) is 11.8 Å². The summed E-state index contributed by atoms with van der Waals surface area (Å²) in [5.74, 6) is 0. The van der Waals surface area contributed by atoms with E-state index in [0.29, 0.717) is 5.02 Å². The average Bonchev–Trinajstić information content (AvgIpc) is 2.26. The van der Waals surface area contributed by atoms with Gasteiger partial charge in [-0.3, -0.25) is 0 Å². The van der Waals surface area contributed by atoms with Crippen LogP contribution >= 0.6 is 23.4 Å². The van der Waals surface area contributed by atoms with E-state index in [2.05, 4.69) is 4.40 Å². The van der Waals surface area contributed by atoms with Crippen molar-refractivity contribution in [3.8, 4) is 0 Å². The highest BCUT2D eigenvalue weighted by Gasteiger charge is 2.14. The van der Waals surface area contributed by atoms with E-state index in [1.54, 1.807) is 6.26 Å². The number of ether oxygens (including phenoxy) is 1. The average molecular weight is 280 g/mol. The van der Waals surface area contributed by atoms with E-state index in [9.17, 15) is 8.42 Å². The van der Waals surface area contributed by atoms with Gasteiger partial charge in [-0.1, -0.05) is 23.4 Å². The minimum atomic E-state index is -3.72. The maximum atomic E-state index is 11.7. The first kappa shape index (κ1) is 13.3. The molecule has 7 heteroatoms. The molecule has 88 valence electrons. The van der Waals surface area contributed by atoms with Crippen LogP contribution in [-0.2, 0) is 14.8 Å². The number of benzene rings is 1. The van der Waals surface area contributed by atoms with Crippen LogP contribution in [0.5, 0.6) is 0 Å². The molecule has 0 unspecified atom stereocenters. The summed E-state index contributed by atoms with van der Waals surface area (Å²) in [6.45, 7) is 0. The summed E-state index contributed by atoms with van der Waals surface area (Å²) >= 11 is 6.78. The summed E-state index contributed by atoms with van der Waals surface area (Å²) in [6.07, 6.45) is 1.68. The highest BCUT2D eigenvalue weighted by Crippen LogP contribution is 2.17. The van der Waals surface area contributed by atoms with Crippen LogP contribution in [0.3, 0.4) is 0 Å². The Morgan fingerprint density at radius 1 is 1.38 bits per heavy atom. The quantitative estimate of drug-likeness (QED) is 0.616. The number of rotatable bonds is 2. The molecule has 0 atom stereocenters. The van der Waals surface area contributed by atoms with Gasteiger partial charge in [0.2, 0.25) is 0 Å². The zero-order valence-corrected chi connectivity index (χ0v) is 11.1. The van der Waals surface area contributed by atoms with Gasteiger partial charge in [-0.05, 0) is 30.5 Å². The molecule has 16 heavy (non-hydrogen) atoms. The number of thioether (sulfide) groups is 1. The van der Waals surface area contributed by atoms with Crippen LogP contribution in [0.15, 0.2) is 33.6 Å². The third kappa shape index (κ3) is 3.40. The molecular weight excluding hydrogens is 270 g/mol. The van der Waals surface area contributed by atoms with Crippen LogP contribution < -0.4 is 0 Å². The van der Waals surface area contributed by atoms with Crippen molar-refractivity contribution in [2.24, 2.45) is 4.40 Å². The molecule has 0 heterocycles. The molecule has 0 fully saturated rings. The number of hydrogen-bond acceptors (Lipinski definition) is 4. The van der Waals surface area contributed by atoms with Crippen LogP contribution in [0.2, 0.25) is 5.02 Å². The summed E-state index contributed by atoms with van der Waals surface area (Å²) in [5.41, 5.74) is 0. The van der Waals surface area contributed by atoms with Crippen LogP contribution in [-0.4, -0.2) is 27.0 Å². The molecule has 0 bridgehead atoms. The number of hydrogen-bond donors (Lipinski definition) is 0. The van der Waals surface area contributed by atoms with Crippen molar-refractivity contribution >= 4 is 38.6 Å². The second-order valence-electron chi connectivity index (χ2n) is 2.69. The Labute approximate surface area is 104 Å². The van der Waals surface area contributed by atoms with Gasteiger partial charge in [-0.2, -0.15) is 8.42 Å². The molecule has 0 saturated carbocycles. The van der Waals surface area contributed by atoms with Crippen molar-refractivity contribution in [2.75, 3.05) is 13.4 Å². The Kier molecular flexibility index (Phi) is 4.64. The third-order valence-corrected chi connectivity index (χ3v) is 3.90. The minimum absolute atomic E-state index is 0.0838. The summed E-state index contributed by atoms with van der Waals surface area (Å²) in [5, 5.41) is 0.565. The number of nitrogens with zero attached hydrogens (tertiary/aromatic N) is 1. The van der Waals surface area contributed by atoms with Gasteiger partial charge in [0.1, 0.15) is 0 Å². The molecule has 1 rings (SSSR count). The van der Waals surface area contributed by atoms with Gasteiger partial charge >= 0.3 is 0 Å². The Morgan fingerprint density at radius 2 is 1.94 bits per heavy atom. The zero-order valence-electron chi connectivity index (χ0n) is 8.68. The van der Waals surface area contributed by atoms with Crippen molar-refractivity contribution in [3.63, 3.8) is 0 Å². The van der Waals surface area contributed by atoms with Crippen LogP contribution in [0.1, 0.15) is 0 Å². The van der Waals surface area contributed by atoms with Crippen molar-refractivity contribution in [1.29, 1.82) is 0 Å². The van der Waals surface area contributed by atoms with Gasteiger partial charge in [0.25, 0.3) is 15.3 Å². The first-order chi connectivity index (χ1) is 7.49. The number of methoxy groups -OCH3 is 1. The van der Waals surface area contributed by atoms with Gasteiger partial charge < -0.3 is 4.74 Å². The third-order valence-electron chi connectivity index (χ3n) is 1.66. The topological polar surface area (TPSA) is 55.7 Å². The lowest BCUT2D eigenvalue weighted by Crippen LogP contribution is -2.03. The molecule has 0 N–H and O–H groups in total. The Morgan fingerprint density at radius 3 is 2.38 bits per heavy atom. The maximum Gasteiger partial charge on any atom is 0.286 e. The molecule has 0 radical (unpaired) electrons. The summed E-state index contributed by atoms with van der Waals surface area (Å²) in [7, 11) is -2.35. The lowest BCUT2D eigenvalue weighted by atomic mass is 10.4. The van der Waals surface area contributed by atoms with Crippen molar-refractivity contribution in [3.05, 3.63) is 29.3 Å². The van der Waals surface area contributed by atoms with Crippen LogP contribution in [0.25, 0.3) is 0 Å². The van der Waals surface area contributed by atoms with E-state index in [4.69, 9.17) is 16.3 Å². The largest absolute Gasteiger partial charge is 0.476 e. The highest BCUT2D eigenvalue weighted by atomic mass is 35.5. The van der Waals surface area contributed by atoms with Crippen LogP contribution in [0, 0.1) is 0 Å². The van der Waals surface area contributed by atoms with Crippen LogP contribution in [0.4, 0.5) is 0 Å². The molecule has 0 spiro atoms. The lowest BCUT2D eigenvalue weighted by Gasteiger charge is -2.02. The number of sulfonamides is 1. The van der Waals surface area contributed by atoms with Gasteiger partial charge in [-0.25, -0.2) is 0 Å². The Bertz CT molecular complexity index is 476. The first-order valence-electron chi connectivity index (χ1n) is 4.18. The molecule has 1 aromatic rings. The molecule has 0 aliphatic rings. The lowest BCUT2D eigenvalue weighted by molar-refractivity contribution is 0.417. The number of halogens is 1. The molecule has 1 aromatic carbocycles. The van der Waals surface area contributed by atoms with Gasteiger partial charge in [-0.15, -0.1) is 4.40 Å². The Balaban J connectivity index is 3.12. The summed E-state index contributed by atoms with van der Waals surface area (Å²) in [4.78, 5) is 0.0838. The van der Waals surface area contributed by atoms with E-state index in [-0.39, 0.29) is 10.1 Å². The predicted molar refractivity (Wildman–Crippen MR) is 66.6 cm³/mol. The molecule has 0 aromatic heterocycles. The zero-order chi connectivity index (χ0) is 12.2. The van der Waals surface area contributed by atoms with E-state index in [1.165, 1.54) is 31.4 Å². The molecule has 0 amide bonds. The fraction of sp³-hybridized carbons (Fsp3) is 0.222. The maximum absolute atomic E-state index is 11.7. The summed E-state index contributed by atoms with van der Waals surface area (Å²) in [6, 6.07) is 5.79. The van der Waals surface area contributed by atoms with E-state index < -0.39 is 10.0 Å². The van der Waals surface area contributed by atoms with Gasteiger partial charge in [0.15, 0.2) is 0 Å². The molecule has 0 aliphatic carbocycles. The fourth-order valence-electron chi connectivity index (χ4n) is 0.915. The van der Waals surface area contributed by atoms with Crippen molar-refractivity contribution in [1.82, 2.24) is 0 Å². The van der Waals surface area contributed by atoms with Crippen molar-refractivity contribution < 1.29 is 13.2 Å². The molecule has 0 aliphatic heterocycles. The van der Waals surface area contributed by atoms with Crippen molar-refractivity contribution in [2.45, 2.75) is 4.90 Å². The van der Waals surface area contributed by atoms with Gasteiger partial charge in [0, 0.05) is 5.02 Å². The van der Waals surface area contributed by atoms with E-state index >= 15 is 0 Å². The molecule has 4 nitrogen and oxygen atoms in total. The normalized spacial score (nSPS) is 12.6. The SMILES string of the molecule is CO/C(=N\S(=O)(=O)c1ccc(Cl)cc1)SC. The van der Waals surface area contributed by atoms with E-state index in [1.807, 2.05) is 0 Å². The monoisotopic (exact) mass is 279 g/mol. The molecule has 0 saturated heterocycles. The van der Waals surface area contributed by atoms with Gasteiger partial charge in [0.05, 0.1) is 12.0 Å². The highest BCUT2D eigenvalue weighted by molar-refractivity contribution is 8.13. The smallest absolute Gasteiger partial charge is 0.286 e. The predicted octanol–water partition coefficient (Wildman–Crippen LogP) is 2.39. The first-order valence-corrected chi connectivity index (χ1v) is 7.22. The second kappa shape index (κ2) is 5.56. The fourth-order valence-corrected chi connectivity index (χ4v) is 2.66. The second-order valence-corrected chi connectivity index (χ2v) is 5.49. The Hall–Kier alpha value is -0.720. The molecular formula is C9H10ClNO3S2. The summed E-state index contributed by atoms with van der Waals surface area (Å²) < 4.78 is 31.8. The minimum Gasteiger partial charge on any atom is -0.476 e. The standard InChI is InChI=1S/C9H10ClNO3S2/c1-14-9(15-2)11-16(12,13)8-5-3-7(10)4-6-8/h3-6H,1-2H3/b11-9+.